The number of benzene rings is 1. The summed E-state index contributed by atoms with van der Waals surface area (Å²) >= 11 is 1.21. The van der Waals surface area contributed by atoms with Crippen LogP contribution in [0.2, 0.25) is 0 Å². The topological polar surface area (TPSA) is 109 Å². The largest absolute Gasteiger partial charge is 0.411 e. The van der Waals surface area contributed by atoms with Gasteiger partial charge in [-0.2, -0.15) is 0 Å². The van der Waals surface area contributed by atoms with E-state index in [9.17, 15) is 13.2 Å². The Hall–Kier alpha value is -2.33. The number of nitrogens with one attached hydrogen (secondary N) is 1. The average molecular weight is 475 g/mol. The van der Waals surface area contributed by atoms with E-state index in [0.717, 1.165) is 42.1 Å². The van der Waals surface area contributed by atoms with Gasteiger partial charge in [0.15, 0.2) is 9.84 Å². The molecule has 2 aliphatic rings. The molecule has 2 fully saturated rings. The van der Waals surface area contributed by atoms with Crippen molar-refractivity contribution in [1.29, 1.82) is 0 Å². The van der Waals surface area contributed by atoms with Crippen LogP contribution in [0.15, 0.2) is 40.1 Å². The molecule has 1 aliphatic carbocycles. The molecule has 3 aromatic rings. The molecule has 8 nitrogen and oxygen atoms in total. The van der Waals surface area contributed by atoms with E-state index in [1.807, 2.05) is 35.4 Å². The highest BCUT2D eigenvalue weighted by atomic mass is 32.2. The number of carbonyl (C=O) groups excluding carboxylic acids is 1. The van der Waals surface area contributed by atoms with Crippen molar-refractivity contribution < 1.29 is 17.6 Å². The lowest BCUT2D eigenvalue weighted by molar-refractivity contribution is -0.133. The lowest BCUT2D eigenvalue weighted by Gasteiger charge is -2.38. The van der Waals surface area contributed by atoms with Crippen LogP contribution in [0.3, 0.4) is 0 Å². The first-order valence-corrected chi connectivity index (χ1v) is 13.9. The molecule has 0 radical (unpaired) electrons. The smallest absolute Gasteiger partial charge is 0.277 e. The van der Waals surface area contributed by atoms with Gasteiger partial charge in [0, 0.05) is 29.2 Å². The lowest BCUT2D eigenvalue weighted by Crippen LogP contribution is -2.49. The molecular formula is C22H26N4O4S2. The molecule has 2 aromatic heterocycles. The first-order chi connectivity index (χ1) is 15.5. The SMILES string of the molecule is O=C(CSc1nnc(-c2c[nH]c3ccccc23)o1)N(C1CCCCC1)[C@@H]1CCS(=O)(=O)C1. The highest BCUT2D eigenvalue weighted by Gasteiger charge is 2.38. The van der Waals surface area contributed by atoms with Gasteiger partial charge >= 0.3 is 0 Å². The second kappa shape index (κ2) is 8.90. The standard InChI is InChI=1S/C22H26N4O4S2/c27-20(26(15-6-2-1-3-7-15)16-10-11-32(28,29)14-16)13-31-22-25-24-21(30-22)18-12-23-19-9-5-4-8-17(18)19/h4-5,8-9,12,15-16,23H,1-3,6-7,10-11,13-14H2/t16-/m1/s1. The molecule has 1 aromatic carbocycles. The number of amides is 1. The molecule has 1 atom stereocenters. The normalized spacial score (nSPS) is 21.2. The fourth-order valence-electron chi connectivity index (χ4n) is 4.88. The number of nitrogens with zero attached hydrogens (tertiary/aromatic N) is 3. The van der Waals surface area contributed by atoms with Crippen LogP contribution in [0.25, 0.3) is 22.4 Å². The molecule has 5 rings (SSSR count). The zero-order valence-electron chi connectivity index (χ0n) is 17.7. The van der Waals surface area contributed by atoms with Crippen LogP contribution in [0.5, 0.6) is 0 Å². The van der Waals surface area contributed by atoms with Crippen molar-refractivity contribution in [3.05, 3.63) is 30.5 Å². The summed E-state index contributed by atoms with van der Waals surface area (Å²) in [5, 5.41) is 9.59. The van der Waals surface area contributed by atoms with Gasteiger partial charge < -0.3 is 14.3 Å². The second-order valence-corrected chi connectivity index (χ2v) is 11.7. The molecule has 1 N–H and O–H groups in total. The Morgan fingerprint density at radius 3 is 2.72 bits per heavy atom. The number of sulfone groups is 1. The fourth-order valence-corrected chi connectivity index (χ4v) is 7.23. The maximum atomic E-state index is 13.2. The average Bonchev–Trinajstić information content (AvgIpc) is 3.51. The predicted molar refractivity (Wildman–Crippen MR) is 123 cm³/mol. The first-order valence-electron chi connectivity index (χ1n) is 11.0. The highest BCUT2D eigenvalue weighted by molar-refractivity contribution is 7.99. The summed E-state index contributed by atoms with van der Waals surface area (Å²) in [6.07, 6.45) is 7.59. The maximum absolute atomic E-state index is 13.2. The number of hydrogen-bond acceptors (Lipinski definition) is 7. The van der Waals surface area contributed by atoms with Gasteiger partial charge in [-0.25, -0.2) is 8.42 Å². The molecule has 0 spiro atoms. The monoisotopic (exact) mass is 474 g/mol. The third-order valence-corrected chi connectivity index (χ3v) is 8.96. The molecule has 32 heavy (non-hydrogen) atoms. The number of para-hydroxylation sites is 1. The van der Waals surface area contributed by atoms with E-state index < -0.39 is 9.84 Å². The van der Waals surface area contributed by atoms with Crippen molar-refractivity contribution in [2.45, 2.75) is 55.8 Å². The van der Waals surface area contributed by atoms with Gasteiger partial charge in [0.05, 0.1) is 22.8 Å². The highest BCUT2D eigenvalue weighted by Crippen LogP contribution is 2.32. The van der Waals surface area contributed by atoms with E-state index in [2.05, 4.69) is 15.2 Å². The summed E-state index contributed by atoms with van der Waals surface area (Å²) in [4.78, 5) is 18.3. The Balaban J connectivity index is 1.29. The van der Waals surface area contributed by atoms with Gasteiger partial charge in [-0.05, 0) is 25.3 Å². The molecule has 0 unspecified atom stereocenters. The minimum absolute atomic E-state index is 0.0455. The van der Waals surface area contributed by atoms with E-state index in [1.165, 1.54) is 18.2 Å². The Bertz CT molecular complexity index is 1210. The summed E-state index contributed by atoms with van der Waals surface area (Å²) in [5.74, 6) is 0.756. The van der Waals surface area contributed by atoms with Crippen molar-refractivity contribution in [2.75, 3.05) is 17.3 Å². The number of H-pyrrole nitrogens is 1. The van der Waals surface area contributed by atoms with Gasteiger partial charge in [0.2, 0.25) is 5.91 Å². The van der Waals surface area contributed by atoms with E-state index in [-0.39, 0.29) is 35.2 Å². The van der Waals surface area contributed by atoms with Gasteiger partial charge in [0.1, 0.15) is 0 Å². The molecule has 1 amide bonds. The third-order valence-electron chi connectivity index (χ3n) is 6.40. The number of carbonyl (C=O) groups is 1. The predicted octanol–water partition coefficient (Wildman–Crippen LogP) is 3.66. The van der Waals surface area contributed by atoms with Crippen LogP contribution in [-0.4, -0.2) is 63.7 Å². The lowest BCUT2D eigenvalue weighted by atomic mass is 9.93. The number of thioether (sulfide) groups is 1. The summed E-state index contributed by atoms with van der Waals surface area (Å²) < 4.78 is 29.9. The number of rotatable bonds is 6. The van der Waals surface area contributed by atoms with Gasteiger partial charge in [-0.15, -0.1) is 10.2 Å². The molecule has 0 bridgehead atoms. The zero-order valence-corrected chi connectivity index (χ0v) is 19.3. The Labute approximate surface area is 191 Å². The van der Waals surface area contributed by atoms with E-state index in [0.29, 0.717) is 17.5 Å². The first kappa shape index (κ1) is 21.5. The van der Waals surface area contributed by atoms with Crippen molar-refractivity contribution in [1.82, 2.24) is 20.1 Å². The number of aromatic amines is 1. The molecule has 3 heterocycles. The van der Waals surface area contributed by atoms with Crippen molar-refractivity contribution in [2.24, 2.45) is 0 Å². The summed E-state index contributed by atoms with van der Waals surface area (Å²) in [5.41, 5.74) is 1.81. The van der Waals surface area contributed by atoms with Crippen LogP contribution in [-0.2, 0) is 14.6 Å². The Morgan fingerprint density at radius 2 is 1.94 bits per heavy atom. The number of fused-ring (bicyclic) bond motifs is 1. The molecule has 170 valence electrons. The van der Waals surface area contributed by atoms with Crippen LogP contribution >= 0.6 is 11.8 Å². The molecule has 1 saturated heterocycles. The van der Waals surface area contributed by atoms with Crippen molar-refractivity contribution >= 4 is 38.4 Å². The minimum Gasteiger partial charge on any atom is -0.411 e. The zero-order chi connectivity index (χ0) is 22.1. The quantitative estimate of drug-likeness (QED) is 0.543. The van der Waals surface area contributed by atoms with Crippen LogP contribution in [0, 0.1) is 0 Å². The van der Waals surface area contributed by atoms with Crippen LogP contribution in [0.4, 0.5) is 0 Å². The fraction of sp³-hybridized carbons (Fsp3) is 0.500. The van der Waals surface area contributed by atoms with Crippen LogP contribution in [0.1, 0.15) is 38.5 Å². The Morgan fingerprint density at radius 1 is 1.12 bits per heavy atom. The summed E-state index contributed by atoms with van der Waals surface area (Å²) in [6, 6.07) is 7.77. The third kappa shape index (κ3) is 4.43. The van der Waals surface area contributed by atoms with Gasteiger partial charge in [0.25, 0.3) is 11.1 Å². The van der Waals surface area contributed by atoms with E-state index in [1.54, 1.807) is 0 Å². The molecular weight excluding hydrogens is 448 g/mol. The molecule has 10 heteroatoms. The number of aromatic nitrogens is 3. The van der Waals surface area contributed by atoms with Gasteiger partial charge in [-0.1, -0.05) is 49.2 Å². The minimum atomic E-state index is -3.06. The molecule has 1 saturated carbocycles. The summed E-state index contributed by atoms with van der Waals surface area (Å²) in [7, 11) is -3.06. The van der Waals surface area contributed by atoms with E-state index >= 15 is 0 Å². The van der Waals surface area contributed by atoms with Crippen molar-refractivity contribution in [3.63, 3.8) is 0 Å². The molecule has 1 aliphatic heterocycles. The summed E-state index contributed by atoms with van der Waals surface area (Å²) in [6.45, 7) is 0. The van der Waals surface area contributed by atoms with Crippen LogP contribution < -0.4 is 0 Å². The maximum Gasteiger partial charge on any atom is 0.277 e. The van der Waals surface area contributed by atoms with Gasteiger partial charge in [-0.3, -0.25) is 4.79 Å². The van der Waals surface area contributed by atoms with E-state index in [4.69, 9.17) is 4.42 Å². The second-order valence-electron chi connectivity index (χ2n) is 8.56. The van der Waals surface area contributed by atoms with Crippen molar-refractivity contribution in [3.8, 4) is 11.5 Å². The number of hydrogen-bond donors (Lipinski definition) is 1. The Kier molecular flexibility index (Phi) is 5.98.